The summed E-state index contributed by atoms with van der Waals surface area (Å²) < 4.78 is 14.3. The molecule has 0 radical (unpaired) electrons. The number of hydrogen-bond donors (Lipinski definition) is 8. The van der Waals surface area contributed by atoms with Gasteiger partial charge in [-0.25, -0.2) is 54.2 Å². The van der Waals surface area contributed by atoms with Gasteiger partial charge in [0.05, 0.1) is 79.5 Å². The average molecular weight is 1780 g/mol. The van der Waals surface area contributed by atoms with Crippen LogP contribution in [-0.2, 0) is 0 Å². The Hall–Kier alpha value is -11.7. The van der Waals surface area contributed by atoms with Crippen molar-refractivity contribution in [1.29, 1.82) is 0 Å². The fourth-order valence-corrected chi connectivity index (χ4v) is 17.7. The van der Waals surface area contributed by atoms with E-state index < -0.39 is 11.7 Å². The lowest BCUT2D eigenvalue weighted by molar-refractivity contribution is 0.1000. The Labute approximate surface area is 749 Å². The van der Waals surface area contributed by atoms with Crippen molar-refractivity contribution in [2.75, 3.05) is 89.9 Å². The molecule has 5 saturated heterocycles. The van der Waals surface area contributed by atoms with Crippen molar-refractivity contribution < 1.29 is 9.18 Å². The number of rotatable bonds is 15. The van der Waals surface area contributed by atoms with Gasteiger partial charge in [0.2, 0.25) is 34.1 Å². The van der Waals surface area contributed by atoms with Gasteiger partial charge in [0.15, 0.2) is 5.82 Å². The molecule has 15 heterocycles. The van der Waals surface area contributed by atoms with E-state index in [0.29, 0.717) is 93.9 Å². The van der Waals surface area contributed by atoms with Gasteiger partial charge in [-0.3, -0.25) is 30.3 Å². The third-order valence-electron chi connectivity index (χ3n) is 25.8. The standard InChI is InChI=1S/C20H24N6O.C19H23ClN6.C18H19ClFN5.C18H21ClN6.C17H18ClN5/c1-3-20(2)7-9-26(10-8-20)15-12-22-17-16(24-25-19(17)23-15)13-5-4-6-14(11-13)18(21)27;1-2-15(21)12-7-9-26(10-8-12)16-11-22-18-17(24-25-19(18)23-16)13-5-3-4-6-14(13)20;1-18(2)6-8-25(9-7-18)13-10-21-16-15(23-24-17(16)22-13)11-4-3-5-12(19)14(11)20;1-2-18(20)7-9-25(10-8-18)14-11-21-16-15(23-24-17(16)22-14)12-5-3-4-6-13(12)19;1-11-6-8-23(9-7-11)14-10-19-16-15(21-22-17(16)20-14)12-4-2-3-5-13(12)18/h4-6,11-12H,3,7-10H2,1-2H3,(H2,21,27)(H,23,24,25);3-6,11-12,15H,2,7-10,21H2,1H3,(H,23,24,25);3-5,10H,6-9H2,1-2H3,(H,22,23,24);3-6,11H,2,7-10,20H2,1H3,(H,22,23,24);2-5,10-11H,6-9H2,1H3,(H,20,21,22). The number of carbonyl (C=O) groups is 1. The van der Waals surface area contributed by atoms with Crippen molar-refractivity contribution in [3.63, 3.8) is 0 Å². The molecule has 5 aromatic carbocycles. The van der Waals surface area contributed by atoms with Crippen LogP contribution in [0.15, 0.2) is 146 Å². The van der Waals surface area contributed by atoms with E-state index >= 15 is 0 Å². The number of carbonyl (C=O) groups excluding carboxylic acids is 1. The summed E-state index contributed by atoms with van der Waals surface area (Å²) in [6.45, 7) is 25.5. The molecular formula is C92H105Cl4FN28O. The first kappa shape index (κ1) is 87.8. The van der Waals surface area contributed by atoms with Gasteiger partial charge in [0, 0.05) is 110 Å². The Balaban J connectivity index is 0.000000116. The predicted molar refractivity (Wildman–Crippen MR) is 502 cm³/mol. The largest absolute Gasteiger partial charge is 0.366 e. The molecule has 1 unspecified atom stereocenters. The number of aromatic nitrogens is 20. The van der Waals surface area contributed by atoms with Gasteiger partial charge in [-0.1, -0.05) is 174 Å². The van der Waals surface area contributed by atoms with E-state index in [0.717, 1.165) is 226 Å². The number of nitrogens with one attached hydrogen (secondary N) is 5. The summed E-state index contributed by atoms with van der Waals surface area (Å²) in [6, 6.07) is 35.3. The van der Waals surface area contributed by atoms with Crippen LogP contribution in [0.2, 0.25) is 20.1 Å². The van der Waals surface area contributed by atoms with Gasteiger partial charge in [-0.15, -0.1) is 0 Å². The number of benzene rings is 5. The molecule has 0 spiro atoms. The molecule has 1 amide bonds. The van der Waals surface area contributed by atoms with E-state index in [1.807, 2.05) is 104 Å². The lowest BCUT2D eigenvalue weighted by atomic mass is 9.78. The van der Waals surface area contributed by atoms with Crippen LogP contribution in [0.25, 0.3) is 112 Å². The quantitative estimate of drug-likeness (QED) is 0.0472. The van der Waals surface area contributed by atoms with E-state index in [2.05, 4.69) is 164 Å². The summed E-state index contributed by atoms with van der Waals surface area (Å²) in [4.78, 5) is 69.1. The van der Waals surface area contributed by atoms with Crippen molar-refractivity contribution in [2.45, 2.75) is 144 Å². The Bertz CT molecular complexity index is 6310. The van der Waals surface area contributed by atoms with Gasteiger partial charge >= 0.3 is 0 Å². The fourth-order valence-electron chi connectivity index (χ4n) is 16.8. The number of aromatic amines is 5. The number of nitrogens with two attached hydrogens (primary N) is 3. The number of anilines is 5. The van der Waals surface area contributed by atoms with Crippen molar-refractivity contribution in [3.8, 4) is 56.3 Å². The molecule has 34 heteroatoms. The summed E-state index contributed by atoms with van der Waals surface area (Å²) in [5, 5.41) is 38.6. The van der Waals surface area contributed by atoms with Crippen LogP contribution in [0.5, 0.6) is 0 Å². The SMILES string of the molecule is CC1(C)CCN(c2cnc3c(-c4cccc(Cl)c4F)[nH]nc3n2)CC1.CC1CCN(c2cnc3c(-c4ccccc4Cl)[nH]nc3n2)CC1.CCC(N)C1CCN(c2cnc3c(-c4ccccc4Cl)[nH]nc3n2)CC1.CCC1(C)CCN(c2cnc3c(-c4cccc(C(N)=O)c4)[nH]nc3n2)CC1.CCC1(N)CCN(c2cnc3c(-c4ccccc4Cl)[nH]nc3n2)CC1. The lowest BCUT2D eigenvalue weighted by Gasteiger charge is -2.39. The molecule has 29 nitrogen and oxygen atoms in total. The number of H-pyrrole nitrogens is 5. The second-order valence-electron chi connectivity index (χ2n) is 34.6. The maximum Gasteiger partial charge on any atom is 0.248 e. The zero-order chi connectivity index (χ0) is 88.0. The summed E-state index contributed by atoms with van der Waals surface area (Å²) in [6.07, 6.45) is 23.4. The second kappa shape index (κ2) is 38.3. The molecular weight excluding hydrogens is 1670 g/mol. The predicted octanol–water partition coefficient (Wildman–Crippen LogP) is 18.5. The maximum absolute atomic E-state index is 14.3. The monoisotopic (exact) mass is 1780 g/mol. The average Bonchev–Trinajstić information content (AvgIpc) is 1.63. The number of nitrogens with zero attached hydrogens (tertiary/aromatic N) is 20. The first-order valence-electron chi connectivity index (χ1n) is 43.4. The Kier molecular flexibility index (Phi) is 26.7. The smallest absolute Gasteiger partial charge is 0.248 e. The van der Waals surface area contributed by atoms with Gasteiger partial charge in [-0.05, 0) is 142 Å². The number of fused-ring (bicyclic) bond motifs is 5. The van der Waals surface area contributed by atoms with Gasteiger partial charge in [0.1, 0.15) is 56.7 Å². The number of piperidine rings is 5. The highest BCUT2D eigenvalue weighted by molar-refractivity contribution is 6.34. The summed E-state index contributed by atoms with van der Waals surface area (Å²) in [5.41, 5.74) is 33.0. The molecule has 0 saturated carbocycles. The van der Waals surface area contributed by atoms with Crippen molar-refractivity contribution in [3.05, 3.63) is 178 Å². The minimum atomic E-state index is -0.487. The molecule has 10 aromatic heterocycles. The van der Waals surface area contributed by atoms with Crippen LogP contribution in [0.1, 0.15) is 142 Å². The van der Waals surface area contributed by atoms with E-state index in [9.17, 15) is 9.18 Å². The number of halogens is 5. The van der Waals surface area contributed by atoms with Crippen LogP contribution < -0.4 is 41.7 Å². The van der Waals surface area contributed by atoms with Crippen LogP contribution in [0.4, 0.5) is 33.5 Å². The third kappa shape index (κ3) is 19.5. The molecule has 5 aliphatic heterocycles. The van der Waals surface area contributed by atoms with E-state index in [4.69, 9.17) is 73.6 Å². The van der Waals surface area contributed by atoms with Crippen LogP contribution in [-0.4, -0.2) is 184 Å². The molecule has 654 valence electrons. The number of amides is 1. The Morgan fingerprint density at radius 3 is 1.15 bits per heavy atom. The maximum atomic E-state index is 14.3. The van der Waals surface area contributed by atoms with Gasteiger partial charge in [-0.2, -0.15) is 25.5 Å². The highest BCUT2D eigenvalue weighted by Gasteiger charge is 2.34. The minimum absolute atomic E-state index is 0.0441. The molecule has 0 bridgehead atoms. The van der Waals surface area contributed by atoms with Crippen LogP contribution in [0, 0.1) is 28.5 Å². The number of hydrogen-bond acceptors (Lipinski definition) is 23. The summed E-state index contributed by atoms with van der Waals surface area (Å²) in [5.74, 6) is 4.75. The highest BCUT2D eigenvalue weighted by atomic mass is 35.5. The van der Waals surface area contributed by atoms with E-state index in [1.165, 1.54) is 25.3 Å². The minimum Gasteiger partial charge on any atom is -0.366 e. The number of primary amides is 1. The van der Waals surface area contributed by atoms with E-state index in [-0.39, 0.29) is 10.6 Å². The van der Waals surface area contributed by atoms with Crippen molar-refractivity contribution >= 4 is 137 Å². The van der Waals surface area contributed by atoms with Crippen molar-refractivity contribution in [1.82, 2.24) is 101 Å². The van der Waals surface area contributed by atoms with Gasteiger partial charge < -0.3 is 41.7 Å². The molecule has 1 atom stereocenters. The third-order valence-corrected chi connectivity index (χ3v) is 27.1. The van der Waals surface area contributed by atoms with Crippen LogP contribution >= 0.6 is 46.4 Å². The van der Waals surface area contributed by atoms with Crippen molar-refractivity contribution in [2.24, 2.45) is 39.9 Å². The van der Waals surface area contributed by atoms with Gasteiger partial charge in [0.25, 0.3) is 0 Å². The molecule has 0 aliphatic carbocycles. The first-order chi connectivity index (χ1) is 60.9. The second-order valence-corrected chi connectivity index (χ2v) is 36.2. The molecule has 126 heavy (non-hydrogen) atoms. The Morgan fingerprint density at radius 2 is 0.770 bits per heavy atom. The molecule has 20 rings (SSSR count). The fraction of sp³-hybridized carbons (Fsp3) is 0.391. The normalized spacial score (nSPS) is 16.8. The molecule has 11 N–H and O–H groups in total. The molecule has 5 aliphatic rings. The molecule has 5 fully saturated rings. The zero-order valence-corrected chi connectivity index (χ0v) is 74.9. The first-order valence-corrected chi connectivity index (χ1v) is 44.9. The summed E-state index contributed by atoms with van der Waals surface area (Å²) in [7, 11) is 0. The van der Waals surface area contributed by atoms with Crippen LogP contribution in [0.3, 0.4) is 0 Å². The summed E-state index contributed by atoms with van der Waals surface area (Å²) >= 11 is 24.8. The lowest BCUT2D eigenvalue weighted by Crippen LogP contribution is -2.50. The molecule has 15 aromatic rings. The highest BCUT2D eigenvalue weighted by Crippen LogP contribution is 2.41. The Morgan fingerprint density at radius 1 is 0.437 bits per heavy atom. The topological polar surface area (TPSA) is 384 Å². The van der Waals surface area contributed by atoms with E-state index in [1.54, 1.807) is 36.5 Å². The zero-order valence-electron chi connectivity index (χ0n) is 71.8.